The van der Waals surface area contributed by atoms with Crippen LogP contribution in [-0.4, -0.2) is 27.6 Å². The maximum absolute atomic E-state index is 12.2. The highest BCUT2D eigenvalue weighted by atomic mass is 32.1. The van der Waals surface area contributed by atoms with Crippen LogP contribution in [0.1, 0.15) is 37.4 Å². The number of aryl methyl sites for hydroxylation is 3. The molecule has 124 valence electrons. The molecule has 0 unspecified atom stereocenters. The van der Waals surface area contributed by atoms with E-state index >= 15 is 0 Å². The van der Waals surface area contributed by atoms with Gasteiger partial charge in [-0.25, -0.2) is 4.98 Å². The number of aromatic nitrogens is 3. The van der Waals surface area contributed by atoms with Gasteiger partial charge >= 0.3 is 0 Å². The van der Waals surface area contributed by atoms with Gasteiger partial charge in [-0.15, -0.1) is 22.7 Å². The number of hydrogen-bond donors (Lipinski definition) is 2. The first kappa shape index (κ1) is 15.5. The molecule has 3 heterocycles. The summed E-state index contributed by atoms with van der Waals surface area (Å²) in [6, 6.07) is 5.90. The number of rotatable bonds is 5. The molecular formula is C17H18N4OS2. The fourth-order valence-electron chi connectivity index (χ4n) is 2.87. The Morgan fingerprint density at radius 1 is 1.33 bits per heavy atom. The number of nitrogens with zero attached hydrogens (tertiary/aromatic N) is 2. The highest BCUT2D eigenvalue weighted by Gasteiger charge is 2.17. The maximum Gasteiger partial charge on any atom is 0.271 e. The standard InChI is InChI=1S/C17H18N4OS2/c1-10-5-6-15(23-10)12-9-13(21-20-12)17(22)18-8-7-16-19-11-3-2-4-14(11)24-16/h5-6,9H,2-4,7-8H2,1H3,(H,18,22)(H,20,21). The predicted molar refractivity (Wildman–Crippen MR) is 96.8 cm³/mol. The molecule has 0 bridgehead atoms. The Morgan fingerprint density at radius 3 is 3.04 bits per heavy atom. The lowest BCUT2D eigenvalue weighted by atomic mass is 10.3. The number of nitrogens with one attached hydrogen (secondary N) is 2. The topological polar surface area (TPSA) is 70.7 Å². The van der Waals surface area contributed by atoms with Crippen LogP contribution in [0.5, 0.6) is 0 Å². The van der Waals surface area contributed by atoms with Crippen molar-refractivity contribution < 1.29 is 4.79 Å². The number of H-pyrrole nitrogens is 1. The first-order valence-electron chi connectivity index (χ1n) is 8.07. The van der Waals surface area contributed by atoms with Gasteiger partial charge in [0.25, 0.3) is 5.91 Å². The number of amides is 1. The van der Waals surface area contributed by atoms with Gasteiger partial charge in [0.15, 0.2) is 5.69 Å². The molecule has 3 aromatic heterocycles. The SMILES string of the molecule is Cc1ccc(-c2cc(C(=O)NCCc3nc4c(s3)CCC4)n[nH]2)s1. The molecule has 1 amide bonds. The summed E-state index contributed by atoms with van der Waals surface area (Å²) in [6.45, 7) is 2.65. The normalized spacial score (nSPS) is 13.2. The highest BCUT2D eigenvalue weighted by Crippen LogP contribution is 2.28. The van der Waals surface area contributed by atoms with E-state index in [2.05, 4.69) is 33.5 Å². The van der Waals surface area contributed by atoms with E-state index in [-0.39, 0.29) is 5.91 Å². The molecule has 5 nitrogen and oxygen atoms in total. The summed E-state index contributed by atoms with van der Waals surface area (Å²) >= 11 is 3.47. The zero-order chi connectivity index (χ0) is 16.5. The van der Waals surface area contributed by atoms with Crippen molar-refractivity contribution in [2.45, 2.75) is 32.6 Å². The van der Waals surface area contributed by atoms with E-state index in [1.165, 1.54) is 21.9 Å². The molecule has 1 aliphatic rings. The first-order valence-corrected chi connectivity index (χ1v) is 9.70. The molecule has 7 heteroatoms. The van der Waals surface area contributed by atoms with Crippen molar-refractivity contribution in [2.75, 3.05) is 6.54 Å². The molecule has 0 spiro atoms. The molecule has 0 atom stereocenters. The monoisotopic (exact) mass is 358 g/mol. The summed E-state index contributed by atoms with van der Waals surface area (Å²) in [5.74, 6) is -0.144. The number of aromatic amines is 1. The van der Waals surface area contributed by atoms with Crippen LogP contribution in [0, 0.1) is 6.92 Å². The second-order valence-corrected chi connectivity index (χ2v) is 8.37. The Hall–Kier alpha value is -1.99. The summed E-state index contributed by atoms with van der Waals surface area (Å²) in [4.78, 5) is 20.6. The summed E-state index contributed by atoms with van der Waals surface area (Å²) in [5, 5.41) is 11.1. The molecule has 0 aliphatic heterocycles. The number of hydrogen-bond acceptors (Lipinski definition) is 5. The van der Waals surface area contributed by atoms with Crippen LogP contribution in [0.3, 0.4) is 0 Å². The van der Waals surface area contributed by atoms with Crippen LogP contribution >= 0.6 is 22.7 Å². The lowest BCUT2D eigenvalue weighted by Crippen LogP contribution is -2.26. The van der Waals surface area contributed by atoms with E-state index in [0.29, 0.717) is 12.2 Å². The van der Waals surface area contributed by atoms with Crippen LogP contribution < -0.4 is 5.32 Å². The smallest absolute Gasteiger partial charge is 0.271 e. The molecule has 2 N–H and O–H groups in total. The fraction of sp³-hybridized carbons (Fsp3) is 0.353. The van der Waals surface area contributed by atoms with Crippen molar-refractivity contribution in [1.82, 2.24) is 20.5 Å². The molecule has 0 saturated heterocycles. The largest absolute Gasteiger partial charge is 0.350 e. The molecule has 3 aromatic rings. The molecule has 0 fully saturated rings. The van der Waals surface area contributed by atoms with Crippen molar-refractivity contribution in [1.29, 1.82) is 0 Å². The van der Waals surface area contributed by atoms with Crippen LogP contribution in [-0.2, 0) is 19.3 Å². The summed E-state index contributed by atoms with van der Waals surface area (Å²) in [5.41, 5.74) is 2.58. The summed E-state index contributed by atoms with van der Waals surface area (Å²) < 4.78 is 0. The van der Waals surface area contributed by atoms with E-state index in [4.69, 9.17) is 0 Å². The quantitative estimate of drug-likeness (QED) is 0.735. The Morgan fingerprint density at radius 2 is 2.25 bits per heavy atom. The molecule has 0 saturated carbocycles. The van der Waals surface area contributed by atoms with Gasteiger partial charge in [0.1, 0.15) is 0 Å². The Labute approximate surface area is 148 Å². The van der Waals surface area contributed by atoms with Crippen LogP contribution in [0.15, 0.2) is 18.2 Å². The van der Waals surface area contributed by atoms with Crippen molar-refractivity contribution in [3.8, 4) is 10.6 Å². The number of carbonyl (C=O) groups is 1. The van der Waals surface area contributed by atoms with Gasteiger partial charge in [-0.2, -0.15) is 5.10 Å². The van der Waals surface area contributed by atoms with Gasteiger partial charge in [0, 0.05) is 22.7 Å². The minimum absolute atomic E-state index is 0.144. The zero-order valence-corrected chi connectivity index (χ0v) is 15.0. The molecule has 0 aromatic carbocycles. The van der Waals surface area contributed by atoms with E-state index < -0.39 is 0 Å². The Bertz CT molecular complexity index is 855. The minimum atomic E-state index is -0.144. The molecular weight excluding hydrogens is 340 g/mol. The van der Waals surface area contributed by atoms with E-state index in [1.54, 1.807) is 28.7 Å². The Balaban J connectivity index is 1.33. The van der Waals surface area contributed by atoms with Gasteiger partial charge in [-0.3, -0.25) is 9.89 Å². The van der Waals surface area contributed by atoms with E-state index in [1.807, 2.05) is 6.07 Å². The van der Waals surface area contributed by atoms with Gasteiger partial charge in [-0.05, 0) is 44.4 Å². The van der Waals surface area contributed by atoms with E-state index in [9.17, 15) is 4.79 Å². The summed E-state index contributed by atoms with van der Waals surface area (Å²) in [6.07, 6.45) is 4.29. The molecule has 0 radical (unpaired) electrons. The fourth-order valence-corrected chi connectivity index (χ4v) is 4.86. The lowest BCUT2D eigenvalue weighted by molar-refractivity contribution is 0.0949. The number of thiophene rings is 1. The number of thiazole rings is 1. The molecule has 24 heavy (non-hydrogen) atoms. The van der Waals surface area contributed by atoms with Crippen molar-refractivity contribution >= 4 is 28.6 Å². The molecule has 4 rings (SSSR count). The van der Waals surface area contributed by atoms with Crippen LogP contribution in [0.4, 0.5) is 0 Å². The third-order valence-corrected chi connectivity index (χ3v) is 6.33. The van der Waals surface area contributed by atoms with Crippen molar-refractivity contribution in [3.05, 3.63) is 44.3 Å². The Kier molecular flexibility index (Phi) is 4.20. The van der Waals surface area contributed by atoms with Gasteiger partial charge < -0.3 is 5.32 Å². The zero-order valence-electron chi connectivity index (χ0n) is 13.4. The van der Waals surface area contributed by atoms with Gasteiger partial charge in [-0.1, -0.05) is 0 Å². The van der Waals surface area contributed by atoms with Gasteiger partial charge in [0.2, 0.25) is 0 Å². The first-order chi connectivity index (χ1) is 11.7. The minimum Gasteiger partial charge on any atom is -0.350 e. The summed E-state index contributed by atoms with van der Waals surface area (Å²) in [7, 11) is 0. The average Bonchev–Trinajstić information content (AvgIpc) is 3.29. The average molecular weight is 358 g/mol. The highest BCUT2D eigenvalue weighted by molar-refractivity contribution is 7.15. The number of carbonyl (C=O) groups excluding carboxylic acids is 1. The third-order valence-electron chi connectivity index (χ3n) is 4.08. The van der Waals surface area contributed by atoms with Crippen molar-refractivity contribution in [3.63, 3.8) is 0 Å². The second kappa shape index (κ2) is 6.49. The second-order valence-electron chi connectivity index (χ2n) is 5.91. The third kappa shape index (κ3) is 3.14. The van der Waals surface area contributed by atoms with Crippen LogP contribution in [0.25, 0.3) is 10.6 Å². The van der Waals surface area contributed by atoms with E-state index in [0.717, 1.165) is 34.8 Å². The lowest BCUT2D eigenvalue weighted by Gasteiger charge is -2.00. The van der Waals surface area contributed by atoms with Crippen LogP contribution in [0.2, 0.25) is 0 Å². The van der Waals surface area contributed by atoms with Crippen molar-refractivity contribution in [2.24, 2.45) is 0 Å². The van der Waals surface area contributed by atoms with Gasteiger partial charge in [0.05, 0.1) is 21.3 Å². The predicted octanol–water partition coefficient (Wildman–Crippen LogP) is 3.36. The number of fused-ring (bicyclic) bond motifs is 1. The maximum atomic E-state index is 12.2. The molecule has 1 aliphatic carbocycles.